The number of fused-ring (bicyclic) bond motifs is 2. The van der Waals surface area contributed by atoms with Gasteiger partial charge in [0.25, 0.3) is 0 Å². The summed E-state index contributed by atoms with van der Waals surface area (Å²) in [7, 11) is 0. The molecular weight excluding hydrogens is 322 g/mol. The Morgan fingerprint density at radius 2 is 1.88 bits per heavy atom. The van der Waals surface area contributed by atoms with Crippen molar-refractivity contribution in [3.8, 4) is 11.5 Å². The normalized spacial score (nSPS) is 25.9. The predicted molar refractivity (Wildman–Crippen MR) is 94.8 cm³/mol. The zero-order valence-electron chi connectivity index (χ0n) is 14.0. The smallest absolute Gasteiger partial charge is 0.233 e. The summed E-state index contributed by atoms with van der Waals surface area (Å²) in [5.41, 5.74) is 0. The quantitative estimate of drug-likeness (QED) is 0.781. The fourth-order valence-corrected chi connectivity index (χ4v) is 5.09. The van der Waals surface area contributed by atoms with Gasteiger partial charge in [-0.15, -0.1) is 11.8 Å². The van der Waals surface area contributed by atoms with Crippen LogP contribution in [0.2, 0.25) is 0 Å². The van der Waals surface area contributed by atoms with E-state index < -0.39 is 0 Å². The molecule has 1 saturated heterocycles. The number of amides is 1. The third kappa shape index (κ3) is 3.37. The lowest BCUT2D eigenvalue weighted by Gasteiger charge is -2.44. The number of benzene rings is 1. The summed E-state index contributed by atoms with van der Waals surface area (Å²) < 4.78 is 11.2. The standard InChI is InChI=1S/C19H25NO3S/c21-19(20-9-3-5-14-4-1-2-6-16(14)20)13-24-15-7-8-17-18(12-15)23-11-10-22-17/h7-8,12,14,16H,1-6,9-11,13H2. The van der Waals surface area contributed by atoms with Gasteiger partial charge in [-0.1, -0.05) is 12.8 Å². The minimum Gasteiger partial charge on any atom is -0.486 e. The Labute approximate surface area is 147 Å². The highest BCUT2D eigenvalue weighted by atomic mass is 32.2. The lowest BCUT2D eigenvalue weighted by Crippen LogP contribution is -2.50. The van der Waals surface area contributed by atoms with Crippen molar-refractivity contribution >= 4 is 17.7 Å². The van der Waals surface area contributed by atoms with Gasteiger partial charge in [-0.2, -0.15) is 0 Å². The number of likely N-dealkylation sites (tertiary alicyclic amines) is 1. The van der Waals surface area contributed by atoms with Crippen molar-refractivity contribution in [2.24, 2.45) is 5.92 Å². The van der Waals surface area contributed by atoms with E-state index >= 15 is 0 Å². The van der Waals surface area contributed by atoms with Crippen LogP contribution in [-0.2, 0) is 4.79 Å². The van der Waals surface area contributed by atoms with Crippen molar-refractivity contribution in [2.75, 3.05) is 25.5 Å². The highest BCUT2D eigenvalue weighted by Gasteiger charge is 2.35. The van der Waals surface area contributed by atoms with E-state index in [0.29, 0.717) is 30.9 Å². The largest absolute Gasteiger partial charge is 0.486 e. The summed E-state index contributed by atoms with van der Waals surface area (Å²) in [6.07, 6.45) is 7.61. The van der Waals surface area contributed by atoms with Gasteiger partial charge in [0.05, 0.1) is 5.75 Å². The van der Waals surface area contributed by atoms with Crippen LogP contribution >= 0.6 is 11.8 Å². The van der Waals surface area contributed by atoms with E-state index in [4.69, 9.17) is 9.47 Å². The van der Waals surface area contributed by atoms with Crippen LogP contribution in [0.5, 0.6) is 11.5 Å². The average molecular weight is 347 g/mol. The van der Waals surface area contributed by atoms with Gasteiger partial charge in [0.1, 0.15) is 13.2 Å². The molecule has 2 aliphatic heterocycles. The van der Waals surface area contributed by atoms with Gasteiger partial charge in [0.15, 0.2) is 11.5 Å². The van der Waals surface area contributed by atoms with Crippen molar-refractivity contribution in [2.45, 2.75) is 49.5 Å². The molecule has 1 amide bonds. The van der Waals surface area contributed by atoms with Crippen molar-refractivity contribution in [3.05, 3.63) is 18.2 Å². The Morgan fingerprint density at radius 1 is 1.08 bits per heavy atom. The molecule has 1 saturated carbocycles. The predicted octanol–water partition coefficient (Wildman–Crippen LogP) is 3.73. The number of carbonyl (C=O) groups excluding carboxylic acids is 1. The molecule has 0 radical (unpaired) electrons. The number of ether oxygens (including phenoxy) is 2. The second-order valence-electron chi connectivity index (χ2n) is 6.94. The molecule has 4 nitrogen and oxygen atoms in total. The second-order valence-corrected chi connectivity index (χ2v) is 7.98. The highest BCUT2D eigenvalue weighted by Crippen LogP contribution is 2.37. The van der Waals surface area contributed by atoms with Crippen molar-refractivity contribution in [1.82, 2.24) is 4.90 Å². The number of carbonyl (C=O) groups is 1. The first-order valence-corrected chi connectivity index (χ1v) is 10.1. The van der Waals surface area contributed by atoms with Gasteiger partial charge < -0.3 is 14.4 Å². The van der Waals surface area contributed by atoms with E-state index in [9.17, 15) is 4.79 Å². The Balaban J connectivity index is 1.37. The molecule has 5 heteroatoms. The molecule has 3 aliphatic rings. The van der Waals surface area contributed by atoms with Gasteiger partial charge in [-0.3, -0.25) is 4.79 Å². The van der Waals surface area contributed by atoms with Gasteiger partial charge in [0, 0.05) is 17.5 Å². The van der Waals surface area contributed by atoms with Crippen molar-refractivity contribution in [3.63, 3.8) is 0 Å². The molecule has 2 atom stereocenters. The van der Waals surface area contributed by atoms with Gasteiger partial charge in [-0.05, 0) is 49.8 Å². The van der Waals surface area contributed by atoms with E-state index in [1.165, 1.54) is 38.5 Å². The number of hydrogen-bond donors (Lipinski definition) is 0. The zero-order chi connectivity index (χ0) is 16.4. The molecule has 0 N–H and O–H groups in total. The molecule has 0 aromatic heterocycles. The molecule has 130 valence electrons. The number of piperidine rings is 1. The minimum atomic E-state index is 0.298. The fourth-order valence-electron chi connectivity index (χ4n) is 4.28. The van der Waals surface area contributed by atoms with Crippen molar-refractivity contribution < 1.29 is 14.3 Å². The van der Waals surface area contributed by atoms with Gasteiger partial charge in [-0.25, -0.2) is 0 Å². The van der Waals surface area contributed by atoms with E-state index in [1.54, 1.807) is 11.8 Å². The van der Waals surface area contributed by atoms with Crippen LogP contribution in [0.25, 0.3) is 0 Å². The summed E-state index contributed by atoms with van der Waals surface area (Å²) in [5.74, 6) is 3.16. The summed E-state index contributed by atoms with van der Waals surface area (Å²) in [4.78, 5) is 16.0. The monoisotopic (exact) mass is 347 g/mol. The van der Waals surface area contributed by atoms with Crippen molar-refractivity contribution in [1.29, 1.82) is 0 Å². The van der Waals surface area contributed by atoms with Crippen LogP contribution in [0.4, 0.5) is 0 Å². The summed E-state index contributed by atoms with van der Waals surface area (Å²) >= 11 is 1.61. The molecule has 0 spiro atoms. The summed E-state index contributed by atoms with van der Waals surface area (Å²) in [6.45, 7) is 2.15. The topological polar surface area (TPSA) is 38.8 Å². The summed E-state index contributed by atoms with van der Waals surface area (Å²) in [6, 6.07) is 6.46. The number of nitrogens with zero attached hydrogens (tertiary/aromatic N) is 1. The van der Waals surface area contributed by atoms with Gasteiger partial charge in [0.2, 0.25) is 5.91 Å². The molecule has 1 aromatic rings. The maximum Gasteiger partial charge on any atom is 0.233 e. The van der Waals surface area contributed by atoms with E-state index in [0.717, 1.165) is 28.9 Å². The average Bonchev–Trinajstić information content (AvgIpc) is 2.65. The van der Waals surface area contributed by atoms with E-state index in [1.807, 2.05) is 18.2 Å². The first-order valence-electron chi connectivity index (χ1n) is 9.13. The Hall–Kier alpha value is -1.36. The molecule has 4 rings (SSSR count). The Bertz CT molecular complexity index is 604. The maximum atomic E-state index is 12.8. The third-order valence-corrected chi connectivity index (χ3v) is 6.42. The van der Waals surface area contributed by atoms with Crippen LogP contribution < -0.4 is 9.47 Å². The second kappa shape index (κ2) is 7.26. The molecule has 1 aliphatic carbocycles. The number of thioether (sulfide) groups is 1. The molecule has 2 unspecified atom stereocenters. The molecule has 0 bridgehead atoms. The Kier molecular flexibility index (Phi) is 4.88. The third-order valence-electron chi connectivity index (χ3n) is 5.44. The SMILES string of the molecule is O=C(CSc1ccc2c(c1)OCCO2)N1CCCC2CCCCC21. The number of rotatable bonds is 3. The minimum absolute atomic E-state index is 0.298. The lowest BCUT2D eigenvalue weighted by molar-refractivity contribution is -0.134. The zero-order valence-corrected chi connectivity index (χ0v) is 14.9. The van der Waals surface area contributed by atoms with Crippen LogP contribution in [0.3, 0.4) is 0 Å². The van der Waals surface area contributed by atoms with E-state index in [-0.39, 0.29) is 0 Å². The molecule has 2 heterocycles. The fraction of sp³-hybridized carbons (Fsp3) is 0.632. The lowest BCUT2D eigenvalue weighted by atomic mass is 9.78. The first kappa shape index (κ1) is 16.1. The van der Waals surface area contributed by atoms with Crippen LogP contribution in [0.15, 0.2) is 23.1 Å². The van der Waals surface area contributed by atoms with E-state index in [2.05, 4.69) is 4.90 Å². The molecule has 1 aromatic carbocycles. The molecule has 24 heavy (non-hydrogen) atoms. The first-order chi connectivity index (χ1) is 11.8. The molecule has 2 fully saturated rings. The van der Waals surface area contributed by atoms with Gasteiger partial charge >= 0.3 is 0 Å². The summed E-state index contributed by atoms with van der Waals surface area (Å²) in [5, 5.41) is 0. The van der Waals surface area contributed by atoms with Crippen LogP contribution in [0, 0.1) is 5.92 Å². The number of hydrogen-bond acceptors (Lipinski definition) is 4. The molecular formula is C19H25NO3S. The Morgan fingerprint density at radius 3 is 2.79 bits per heavy atom. The van der Waals surface area contributed by atoms with Crippen LogP contribution in [0.1, 0.15) is 38.5 Å². The maximum absolute atomic E-state index is 12.8. The van der Waals surface area contributed by atoms with Crippen LogP contribution in [-0.4, -0.2) is 42.4 Å². The highest BCUT2D eigenvalue weighted by molar-refractivity contribution is 8.00.